The molecule has 0 aliphatic carbocycles. The molecule has 2 aliphatic rings. The molecule has 3 N–H and O–H groups in total. The van der Waals surface area contributed by atoms with Crippen LogP contribution < -0.4 is 15.4 Å². The van der Waals surface area contributed by atoms with Crippen molar-refractivity contribution < 1.29 is 14.6 Å². The highest BCUT2D eigenvalue weighted by Gasteiger charge is 2.08. The highest BCUT2D eigenvalue weighted by molar-refractivity contribution is 5.87. The molecule has 0 radical (unpaired) electrons. The van der Waals surface area contributed by atoms with E-state index in [0.29, 0.717) is 18.8 Å². The zero-order valence-corrected chi connectivity index (χ0v) is 10.4. The predicted octanol–water partition coefficient (Wildman–Crippen LogP) is 1.24. The number of carboxylic acid groups (broad SMARTS) is 1. The highest BCUT2D eigenvalue weighted by Crippen LogP contribution is 2.21. The molecular weight excluding hydrogens is 244 g/mol. The first-order valence-electron chi connectivity index (χ1n) is 6.03. The number of benzene rings is 1. The van der Waals surface area contributed by atoms with Gasteiger partial charge in [-0.2, -0.15) is 0 Å². The fraction of sp³-hybridized carbons (Fsp3) is 0.214. The second-order valence-electron chi connectivity index (χ2n) is 4.08. The van der Waals surface area contributed by atoms with Crippen LogP contribution in [0.4, 0.5) is 0 Å². The fourth-order valence-corrected chi connectivity index (χ4v) is 1.72. The molecule has 2 heterocycles. The molecule has 3 rings (SSSR count). The number of rotatable bonds is 1. The van der Waals surface area contributed by atoms with Gasteiger partial charge in [0, 0.05) is 12.7 Å². The lowest BCUT2D eigenvalue weighted by molar-refractivity contribution is -0.132. The lowest BCUT2D eigenvalue weighted by Gasteiger charge is -2.11. The van der Waals surface area contributed by atoms with Crippen LogP contribution in [0.15, 0.2) is 48.4 Å². The first kappa shape index (κ1) is 13.2. The monoisotopic (exact) mass is 260 g/mol. The summed E-state index contributed by atoms with van der Waals surface area (Å²) >= 11 is 0. The summed E-state index contributed by atoms with van der Waals surface area (Å²) in [4.78, 5) is 10.2. The first-order chi connectivity index (χ1) is 9.27. The van der Waals surface area contributed by atoms with E-state index in [-0.39, 0.29) is 0 Å². The van der Waals surface area contributed by atoms with E-state index in [4.69, 9.17) is 9.84 Å². The number of carboxylic acids is 1. The number of hydrogen-bond acceptors (Lipinski definition) is 4. The van der Waals surface area contributed by atoms with E-state index in [9.17, 15) is 4.79 Å². The molecule has 5 nitrogen and oxygen atoms in total. The van der Waals surface area contributed by atoms with Gasteiger partial charge in [0.15, 0.2) is 0 Å². The molecule has 0 bridgehead atoms. The molecule has 0 unspecified atom stereocenters. The zero-order chi connectivity index (χ0) is 13.5. The second-order valence-corrected chi connectivity index (χ2v) is 4.08. The van der Waals surface area contributed by atoms with Crippen molar-refractivity contribution in [1.29, 1.82) is 0 Å². The van der Waals surface area contributed by atoms with E-state index in [2.05, 4.69) is 16.7 Å². The molecule has 0 saturated heterocycles. The van der Waals surface area contributed by atoms with Gasteiger partial charge < -0.3 is 15.2 Å². The Bertz CT molecular complexity index is 482. The number of hydrogen-bond donors (Lipinski definition) is 3. The number of fused-ring (bicyclic) bond motifs is 1. The fourth-order valence-electron chi connectivity index (χ4n) is 1.72. The quantitative estimate of drug-likeness (QED) is 0.708. The van der Waals surface area contributed by atoms with Crippen LogP contribution in [-0.2, 0) is 11.2 Å². The number of ether oxygens (including phenoxy) is 1. The van der Waals surface area contributed by atoms with Crippen LogP contribution in [0.3, 0.4) is 0 Å². The second kappa shape index (κ2) is 6.61. The molecule has 5 heteroatoms. The summed E-state index contributed by atoms with van der Waals surface area (Å²) in [6, 6.07) is 8.08. The van der Waals surface area contributed by atoms with Gasteiger partial charge in [0.25, 0.3) is 0 Å². The average molecular weight is 260 g/mol. The van der Waals surface area contributed by atoms with Crippen molar-refractivity contribution in [2.75, 3.05) is 13.2 Å². The van der Waals surface area contributed by atoms with Crippen molar-refractivity contribution in [1.82, 2.24) is 10.6 Å². The van der Waals surface area contributed by atoms with Gasteiger partial charge in [-0.25, -0.2) is 4.79 Å². The maximum Gasteiger partial charge on any atom is 0.334 e. The van der Waals surface area contributed by atoms with Gasteiger partial charge in [0.1, 0.15) is 5.75 Å². The van der Waals surface area contributed by atoms with Gasteiger partial charge >= 0.3 is 5.97 Å². The summed E-state index contributed by atoms with van der Waals surface area (Å²) in [5.74, 6) is 0.125. The summed E-state index contributed by atoms with van der Waals surface area (Å²) in [6.45, 7) is 1.10. The van der Waals surface area contributed by atoms with Crippen molar-refractivity contribution in [2.45, 2.75) is 6.42 Å². The smallest absolute Gasteiger partial charge is 0.334 e. The highest BCUT2D eigenvalue weighted by atomic mass is 16.5. The maximum absolute atomic E-state index is 10.2. The van der Waals surface area contributed by atoms with Crippen molar-refractivity contribution in [3.05, 3.63) is 53.9 Å². The third-order valence-electron chi connectivity index (χ3n) is 2.70. The number of aliphatic carboxylic acids is 1. The van der Waals surface area contributed by atoms with Gasteiger partial charge in [0.05, 0.1) is 18.5 Å². The van der Waals surface area contributed by atoms with Crippen LogP contribution in [0.25, 0.3) is 0 Å². The Morgan fingerprint density at radius 3 is 2.79 bits per heavy atom. The lowest BCUT2D eigenvalue weighted by atomic mass is 10.1. The minimum absolute atomic E-state index is 0.376. The Labute approximate surface area is 111 Å². The maximum atomic E-state index is 10.2. The van der Waals surface area contributed by atoms with E-state index in [1.54, 1.807) is 6.26 Å². The summed E-state index contributed by atoms with van der Waals surface area (Å²) in [5, 5.41) is 14.0. The van der Waals surface area contributed by atoms with E-state index in [1.165, 1.54) is 11.8 Å². The summed E-state index contributed by atoms with van der Waals surface area (Å²) in [6.07, 6.45) is 6.26. The summed E-state index contributed by atoms with van der Waals surface area (Å²) in [5.41, 5.74) is 1.64. The lowest BCUT2D eigenvalue weighted by Crippen LogP contribution is -2.34. The molecule has 0 saturated carbocycles. The van der Waals surface area contributed by atoms with Crippen molar-refractivity contribution in [3.8, 4) is 5.75 Å². The molecule has 0 fully saturated rings. The molecule has 0 aromatic heterocycles. The Morgan fingerprint density at radius 1 is 1.32 bits per heavy atom. The minimum atomic E-state index is -0.866. The third kappa shape index (κ3) is 3.86. The van der Waals surface area contributed by atoms with E-state index >= 15 is 0 Å². The number of allylic oxidation sites excluding steroid dienone is 1. The van der Waals surface area contributed by atoms with Crippen LogP contribution in [0.5, 0.6) is 5.75 Å². The molecule has 0 atom stereocenters. The Hall–Kier alpha value is -2.27. The van der Waals surface area contributed by atoms with Crippen molar-refractivity contribution >= 4 is 5.97 Å². The van der Waals surface area contributed by atoms with Crippen LogP contribution in [-0.4, -0.2) is 24.3 Å². The first-order valence-corrected chi connectivity index (χ1v) is 6.03. The molecule has 0 amide bonds. The zero-order valence-electron chi connectivity index (χ0n) is 10.4. The molecule has 0 spiro atoms. The van der Waals surface area contributed by atoms with Crippen molar-refractivity contribution in [3.63, 3.8) is 0 Å². The SMILES string of the molecule is C1=COc2ccccc2C1.O=C(O)C1=CNCNC1. The summed E-state index contributed by atoms with van der Waals surface area (Å²) in [7, 11) is 0. The van der Waals surface area contributed by atoms with Crippen molar-refractivity contribution in [2.24, 2.45) is 0 Å². The number of nitrogens with one attached hydrogen (secondary N) is 2. The minimum Gasteiger partial charge on any atom is -0.478 e. The van der Waals surface area contributed by atoms with Crippen LogP contribution in [0.1, 0.15) is 5.56 Å². The standard InChI is InChI=1S/C9H8O.C5H8N2O2/c1-2-6-9-8(4-1)5-3-7-10-9;8-5(9)4-1-6-3-7-2-4/h1-4,6-7H,5H2;1,6-7H,2-3H2,(H,8,9). The van der Waals surface area contributed by atoms with Crippen LogP contribution in [0.2, 0.25) is 0 Å². The van der Waals surface area contributed by atoms with Crippen LogP contribution >= 0.6 is 0 Å². The molecular formula is C14H16N2O3. The Kier molecular flexibility index (Phi) is 4.58. The molecule has 100 valence electrons. The topological polar surface area (TPSA) is 70.6 Å². The summed E-state index contributed by atoms with van der Waals surface area (Å²) < 4.78 is 5.24. The molecule has 1 aromatic rings. The van der Waals surface area contributed by atoms with Gasteiger partial charge in [-0.05, 0) is 24.1 Å². The van der Waals surface area contributed by atoms with E-state index in [0.717, 1.165) is 12.2 Å². The van der Waals surface area contributed by atoms with Crippen LogP contribution in [0, 0.1) is 0 Å². The predicted molar refractivity (Wildman–Crippen MR) is 71.6 cm³/mol. The molecule has 19 heavy (non-hydrogen) atoms. The Morgan fingerprint density at radius 2 is 2.16 bits per heavy atom. The number of carbonyl (C=O) groups is 1. The van der Waals surface area contributed by atoms with E-state index in [1.807, 2.05) is 24.3 Å². The van der Waals surface area contributed by atoms with Gasteiger partial charge in [0.2, 0.25) is 0 Å². The Balaban J connectivity index is 0.000000141. The third-order valence-corrected chi connectivity index (χ3v) is 2.70. The number of para-hydroxylation sites is 1. The molecule has 2 aliphatic heterocycles. The largest absolute Gasteiger partial charge is 0.478 e. The van der Waals surface area contributed by atoms with Gasteiger partial charge in [-0.15, -0.1) is 0 Å². The van der Waals surface area contributed by atoms with Gasteiger partial charge in [-0.1, -0.05) is 18.2 Å². The molecule has 1 aromatic carbocycles. The van der Waals surface area contributed by atoms with E-state index < -0.39 is 5.97 Å². The average Bonchev–Trinajstić information content (AvgIpc) is 2.49. The normalized spacial score (nSPS) is 15.9. The van der Waals surface area contributed by atoms with Gasteiger partial charge in [-0.3, -0.25) is 5.32 Å².